The summed E-state index contributed by atoms with van der Waals surface area (Å²) in [4.78, 5) is 0. The highest BCUT2D eigenvalue weighted by atomic mass is 28.4. The van der Waals surface area contributed by atoms with Gasteiger partial charge in [-0.25, -0.2) is 0 Å². The van der Waals surface area contributed by atoms with Gasteiger partial charge in [0.2, 0.25) is 0 Å². The highest BCUT2D eigenvalue weighted by molar-refractivity contribution is 6.82. The lowest BCUT2D eigenvalue weighted by molar-refractivity contribution is 0.254. The number of hydrogen-bond donors (Lipinski definition) is 0. The molecule has 0 aromatic heterocycles. The van der Waals surface area contributed by atoms with E-state index in [4.69, 9.17) is 17.7 Å². The molecule has 0 heterocycles. The monoisotopic (exact) mass is 426 g/mol. The molecule has 0 aliphatic carbocycles. The molecule has 0 N–H and O–H groups in total. The molecular formula is C22H42O4Si2. The van der Waals surface area contributed by atoms with Gasteiger partial charge in [-0.1, -0.05) is 89.5 Å². The maximum Gasteiger partial charge on any atom is 0.371 e. The third-order valence-electron chi connectivity index (χ3n) is 5.80. The molecule has 0 saturated carbocycles. The van der Waals surface area contributed by atoms with Crippen molar-refractivity contribution in [2.24, 2.45) is 0 Å². The van der Waals surface area contributed by atoms with Crippen LogP contribution in [0.3, 0.4) is 0 Å². The summed E-state index contributed by atoms with van der Waals surface area (Å²) in [6, 6.07) is 10.7. The van der Waals surface area contributed by atoms with Crippen LogP contribution in [0.2, 0.25) is 12.1 Å². The van der Waals surface area contributed by atoms with Gasteiger partial charge in [-0.15, -0.1) is 0 Å². The van der Waals surface area contributed by atoms with Gasteiger partial charge in [0.05, 0.1) is 0 Å². The first kappa shape index (κ1) is 25.5. The van der Waals surface area contributed by atoms with Gasteiger partial charge in [0, 0.05) is 28.4 Å². The first-order chi connectivity index (χ1) is 13.6. The van der Waals surface area contributed by atoms with Gasteiger partial charge >= 0.3 is 17.1 Å². The van der Waals surface area contributed by atoms with Crippen LogP contribution in [-0.4, -0.2) is 45.6 Å². The predicted octanol–water partition coefficient (Wildman–Crippen LogP) is 4.73. The van der Waals surface area contributed by atoms with Gasteiger partial charge in [-0.2, -0.15) is 0 Å². The van der Waals surface area contributed by atoms with Crippen LogP contribution >= 0.6 is 0 Å². The predicted molar refractivity (Wildman–Crippen MR) is 123 cm³/mol. The van der Waals surface area contributed by atoms with Crippen LogP contribution in [0.15, 0.2) is 24.3 Å². The van der Waals surface area contributed by atoms with Crippen LogP contribution in [0, 0.1) is 0 Å². The summed E-state index contributed by atoms with van der Waals surface area (Å²) in [6.07, 6.45) is 9.78. The fourth-order valence-electron chi connectivity index (χ4n) is 3.88. The lowest BCUT2D eigenvalue weighted by Gasteiger charge is -2.30. The number of benzene rings is 1. The molecule has 0 unspecified atom stereocenters. The van der Waals surface area contributed by atoms with Gasteiger partial charge in [-0.3, -0.25) is 0 Å². The smallest absolute Gasteiger partial charge is 0.371 e. The van der Waals surface area contributed by atoms with Gasteiger partial charge in [0.1, 0.15) is 0 Å². The number of rotatable bonds is 16. The zero-order valence-corrected chi connectivity index (χ0v) is 21.0. The Hall–Kier alpha value is -0.506. The van der Waals surface area contributed by atoms with Gasteiger partial charge < -0.3 is 17.7 Å². The molecule has 0 amide bonds. The minimum atomic E-state index is -2.37. The average molecular weight is 427 g/mol. The third-order valence-corrected chi connectivity index (χ3v) is 12.9. The molecule has 0 aliphatic rings. The lowest BCUT2D eigenvalue weighted by Crippen LogP contribution is -2.55. The van der Waals surface area contributed by atoms with E-state index < -0.39 is 17.1 Å². The Balaban J connectivity index is 2.97. The Kier molecular flexibility index (Phi) is 12.5. The quantitative estimate of drug-likeness (QED) is 0.283. The molecule has 0 saturated heterocycles. The van der Waals surface area contributed by atoms with E-state index in [-0.39, 0.29) is 0 Å². The van der Waals surface area contributed by atoms with Crippen molar-refractivity contribution in [3.05, 3.63) is 24.3 Å². The van der Waals surface area contributed by atoms with Crippen molar-refractivity contribution in [3.63, 3.8) is 0 Å². The van der Waals surface area contributed by atoms with Crippen LogP contribution in [0.25, 0.3) is 0 Å². The standard InChI is InChI=1S/C22H42O4Si2/c1-7-9-11-13-19-27(23-3,24-4)21-15-17-22(18-16-21)28(25-5,26-6)20-14-12-10-8-2/h15-18H,7-14,19-20H2,1-6H3. The lowest BCUT2D eigenvalue weighted by atomic mass is 10.2. The van der Waals surface area contributed by atoms with E-state index in [0.717, 1.165) is 24.9 Å². The molecule has 1 aromatic rings. The molecule has 0 atom stereocenters. The SMILES string of the molecule is CCCCCC[Si](OC)(OC)c1ccc([Si](CCCCCC)(OC)OC)cc1. The zero-order valence-electron chi connectivity index (χ0n) is 19.0. The number of hydrogen-bond acceptors (Lipinski definition) is 4. The molecular weight excluding hydrogens is 384 g/mol. The molecule has 4 nitrogen and oxygen atoms in total. The van der Waals surface area contributed by atoms with Crippen LogP contribution in [0.5, 0.6) is 0 Å². The summed E-state index contributed by atoms with van der Waals surface area (Å²) in [5.41, 5.74) is 0. The van der Waals surface area contributed by atoms with E-state index in [1.54, 1.807) is 28.4 Å². The van der Waals surface area contributed by atoms with Gasteiger partial charge in [0.15, 0.2) is 0 Å². The van der Waals surface area contributed by atoms with Gasteiger partial charge in [0.25, 0.3) is 0 Å². The molecule has 0 spiro atoms. The molecule has 0 radical (unpaired) electrons. The fourth-order valence-corrected chi connectivity index (χ4v) is 9.33. The average Bonchev–Trinajstić information content (AvgIpc) is 2.75. The molecule has 0 aliphatic heterocycles. The molecule has 162 valence electrons. The summed E-state index contributed by atoms with van der Waals surface area (Å²) < 4.78 is 24.0. The Bertz CT molecular complexity index is 467. The highest BCUT2D eigenvalue weighted by Crippen LogP contribution is 2.20. The van der Waals surface area contributed by atoms with E-state index in [1.807, 2.05) is 0 Å². The second-order valence-corrected chi connectivity index (χ2v) is 14.3. The first-order valence-corrected chi connectivity index (χ1v) is 14.9. The van der Waals surface area contributed by atoms with E-state index in [2.05, 4.69) is 38.1 Å². The van der Waals surface area contributed by atoms with Crippen molar-refractivity contribution in [3.8, 4) is 0 Å². The van der Waals surface area contributed by atoms with E-state index in [0.29, 0.717) is 0 Å². The molecule has 1 rings (SSSR count). The summed E-state index contributed by atoms with van der Waals surface area (Å²) in [5.74, 6) is 0. The summed E-state index contributed by atoms with van der Waals surface area (Å²) >= 11 is 0. The Labute approximate surface area is 175 Å². The maximum atomic E-state index is 5.99. The molecule has 6 heteroatoms. The summed E-state index contributed by atoms with van der Waals surface area (Å²) in [5, 5.41) is 2.39. The van der Waals surface area contributed by atoms with Crippen LogP contribution in [-0.2, 0) is 17.7 Å². The van der Waals surface area contributed by atoms with Crippen LogP contribution < -0.4 is 10.4 Å². The first-order valence-electron chi connectivity index (χ1n) is 10.9. The molecule has 28 heavy (non-hydrogen) atoms. The van der Waals surface area contributed by atoms with E-state index in [9.17, 15) is 0 Å². The van der Waals surface area contributed by atoms with Crippen molar-refractivity contribution in [2.45, 2.75) is 77.3 Å². The maximum absolute atomic E-state index is 5.99. The second kappa shape index (κ2) is 13.7. The minimum Gasteiger partial charge on any atom is -0.394 e. The van der Waals surface area contributed by atoms with Crippen LogP contribution in [0.1, 0.15) is 65.2 Å². The second-order valence-electron chi connectivity index (χ2n) is 7.52. The zero-order chi connectivity index (χ0) is 20.9. The van der Waals surface area contributed by atoms with Crippen molar-refractivity contribution < 1.29 is 17.7 Å². The number of unbranched alkanes of at least 4 members (excludes halogenated alkanes) is 6. The van der Waals surface area contributed by atoms with Crippen molar-refractivity contribution in [1.82, 2.24) is 0 Å². The van der Waals surface area contributed by atoms with Crippen molar-refractivity contribution >= 4 is 27.5 Å². The highest BCUT2D eigenvalue weighted by Gasteiger charge is 2.40. The fraction of sp³-hybridized carbons (Fsp3) is 0.727. The van der Waals surface area contributed by atoms with E-state index >= 15 is 0 Å². The third kappa shape index (κ3) is 6.78. The summed E-state index contributed by atoms with van der Waals surface area (Å²) in [7, 11) is 2.42. The van der Waals surface area contributed by atoms with E-state index in [1.165, 1.54) is 48.9 Å². The van der Waals surface area contributed by atoms with Gasteiger partial charge in [-0.05, 0) is 22.5 Å². The molecule has 0 bridgehead atoms. The topological polar surface area (TPSA) is 36.9 Å². The Morgan fingerprint density at radius 1 is 0.536 bits per heavy atom. The Morgan fingerprint density at radius 3 is 1.11 bits per heavy atom. The van der Waals surface area contributed by atoms with Crippen LogP contribution in [0.4, 0.5) is 0 Å². The largest absolute Gasteiger partial charge is 0.394 e. The van der Waals surface area contributed by atoms with Crippen molar-refractivity contribution in [2.75, 3.05) is 28.4 Å². The molecule has 1 aromatic carbocycles. The summed E-state index contributed by atoms with van der Waals surface area (Å²) in [6.45, 7) is 4.47. The Morgan fingerprint density at radius 2 is 0.857 bits per heavy atom. The minimum absolute atomic E-state index is 0.994. The molecule has 0 fully saturated rings. The normalized spacial score (nSPS) is 12.5. The van der Waals surface area contributed by atoms with Crippen molar-refractivity contribution in [1.29, 1.82) is 0 Å².